The predicted molar refractivity (Wildman–Crippen MR) is 260 cm³/mol. The number of hydrogen-bond acceptors (Lipinski definition) is 13. The Morgan fingerprint density at radius 3 is 1.40 bits per heavy atom. The van der Waals surface area contributed by atoms with Gasteiger partial charge in [0.2, 0.25) is 34.8 Å². The molecule has 3 aromatic carbocycles. The molecule has 358 valence electrons. The van der Waals surface area contributed by atoms with Gasteiger partial charge in [0.25, 0.3) is 0 Å². The van der Waals surface area contributed by atoms with E-state index >= 15 is 0 Å². The number of benzene rings is 3. The number of carbonyl (C=O) groups is 3. The van der Waals surface area contributed by atoms with Crippen LogP contribution in [0.4, 0.5) is 10.2 Å². The molecule has 3 aliphatic heterocycles. The van der Waals surface area contributed by atoms with E-state index in [1.165, 1.54) is 0 Å². The molecule has 3 aliphatic carbocycles. The highest BCUT2D eigenvalue weighted by Gasteiger charge is 2.53. The molecule has 0 unspecified atom stereocenters. The van der Waals surface area contributed by atoms with E-state index in [2.05, 4.69) is 63.2 Å². The summed E-state index contributed by atoms with van der Waals surface area (Å²) in [5.74, 6) is 4.28. The fourth-order valence-electron chi connectivity index (χ4n) is 7.22. The number of carboxylic acids is 1. The minimum atomic E-state index is -1.67. The number of carboxylic acid groups (broad SMARTS) is 1. The molecule has 3 saturated carbocycles. The summed E-state index contributed by atoms with van der Waals surface area (Å²) in [4.78, 5) is 43.4. The summed E-state index contributed by atoms with van der Waals surface area (Å²) < 4.78 is 57.8. The molecule has 0 amide bonds. The third kappa shape index (κ3) is 13.3. The van der Waals surface area contributed by atoms with E-state index < -0.39 is 33.2 Å². The number of halogens is 6. The van der Waals surface area contributed by atoms with Crippen LogP contribution < -0.4 is 34.2 Å². The van der Waals surface area contributed by atoms with Crippen molar-refractivity contribution in [3.63, 3.8) is 0 Å². The highest BCUT2D eigenvalue weighted by atomic mass is 79.9. The summed E-state index contributed by atoms with van der Waals surface area (Å²) in [5.41, 5.74) is 7.40. The molecule has 3 fully saturated rings. The van der Waals surface area contributed by atoms with Crippen LogP contribution in [-0.2, 0) is 46.3 Å². The van der Waals surface area contributed by atoms with Crippen LogP contribution in [0.2, 0.25) is 0 Å². The van der Waals surface area contributed by atoms with Gasteiger partial charge in [-0.2, -0.15) is 0 Å². The number of Topliss-reactive ketones (excluding diaryl/α,β-unsaturated/α-hetero) is 1. The van der Waals surface area contributed by atoms with Crippen LogP contribution in [0.3, 0.4) is 0 Å². The number of aliphatic carboxylic acids is 1. The van der Waals surface area contributed by atoms with Crippen molar-refractivity contribution < 1.29 is 57.9 Å². The van der Waals surface area contributed by atoms with Crippen LogP contribution in [0.25, 0.3) is 0 Å². The van der Waals surface area contributed by atoms with E-state index in [0.717, 1.165) is 74.5 Å². The third-order valence-electron chi connectivity index (χ3n) is 11.2. The van der Waals surface area contributed by atoms with Crippen LogP contribution in [0.15, 0.2) is 100 Å². The first kappa shape index (κ1) is 51.7. The average Bonchev–Trinajstić information content (AvgIpc) is 4.26. The van der Waals surface area contributed by atoms with Crippen LogP contribution in [0.1, 0.15) is 69.7 Å². The zero-order valence-corrected chi connectivity index (χ0v) is 40.9. The van der Waals surface area contributed by atoms with E-state index in [1.54, 1.807) is 18.2 Å². The summed E-state index contributed by atoms with van der Waals surface area (Å²) >= 11 is 12.1. The second-order valence-corrected chi connectivity index (χ2v) is 19.6. The Morgan fingerprint density at radius 1 is 0.687 bits per heavy atom. The average molecular weight is 1130 g/mol. The predicted octanol–water partition coefficient (Wildman–Crippen LogP) is 10.9. The van der Waals surface area contributed by atoms with Gasteiger partial charge in [0, 0.05) is 33.5 Å². The number of nitrogen functional groups attached to an aromatic ring is 1. The maximum absolute atomic E-state index is 12.8. The van der Waals surface area contributed by atoms with Gasteiger partial charge in [-0.15, -0.1) is 0 Å². The molecule has 2 aromatic heterocycles. The largest absolute Gasteiger partial charge is 0.481 e. The molecule has 6 aliphatic rings. The Kier molecular flexibility index (Phi) is 18.1. The van der Waals surface area contributed by atoms with Crippen molar-refractivity contribution in [1.82, 2.24) is 9.97 Å². The van der Waals surface area contributed by atoms with E-state index in [9.17, 15) is 18.8 Å². The smallest absolute Gasteiger partial charge is 0.314 e. The molecule has 5 aromatic rings. The Bertz CT molecular complexity index is 2520. The monoisotopic (exact) mass is 1130 g/mol. The fourth-order valence-corrected chi connectivity index (χ4v) is 8.25. The van der Waals surface area contributed by atoms with Gasteiger partial charge in [0.05, 0.1) is 24.8 Å². The van der Waals surface area contributed by atoms with E-state index in [0.29, 0.717) is 42.3 Å². The van der Waals surface area contributed by atoms with Crippen molar-refractivity contribution in [3.8, 4) is 34.5 Å². The highest BCUT2D eigenvalue weighted by Crippen LogP contribution is 2.53. The molecule has 3 N–H and O–H groups in total. The maximum atomic E-state index is 12.8. The van der Waals surface area contributed by atoms with Crippen molar-refractivity contribution in [1.29, 1.82) is 0 Å². The lowest BCUT2D eigenvalue weighted by Gasteiger charge is -2.15. The van der Waals surface area contributed by atoms with Crippen molar-refractivity contribution in [2.75, 3.05) is 33.3 Å². The van der Waals surface area contributed by atoms with Gasteiger partial charge < -0.3 is 39.3 Å². The highest BCUT2D eigenvalue weighted by molar-refractivity contribution is 9.10. The number of ether oxygens (including phenoxy) is 6. The molecule has 67 heavy (non-hydrogen) atoms. The summed E-state index contributed by atoms with van der Waals surface area (Å²) in [5, 5.41) is 8.86. The number of aromatic nitrogens is 2. The molecular weight excluding hydrogens is 1090 g/mol. The van der Waals surface area contributed by atoms with E-state index in [-0.39, 0.29) is 44.2 Å². The molecule has 14 nitrogen and oxygen atoms in total. The Balaban J connectivity index is 0.000000168. The van der Waals surface area contributed by atoms with Gasteiger partial charge >= 0.3 is 5.97 Å². The molecule has 21 heteroatoms. The molecular formula is C46H45Br2Cl3FN3O11S. The molecule has 0 atom stereocenters. The number of fused-ring (bicyclic) bond motifs is 3. The fraction of sp³-hybridized carbons (Fsp3) is 0.326. The maximum Gasteiger partial charge on any atom is 0.314 e. The minimum Gasteiger partial charge on any atom is -0.481 e. The first-order chi connectivity index (χ1) is 32.0. The minimum absolute atomic E-state index is 0. The Labute approximate surface area is 421 Å². The lowest BCUT2D eigenvalue weighted by molar-refractivity contribution is -0.140. The van der Waals surface area contributed by atoms with Crippen LogP contribution in [0, 0.1) is 0 Å². The number of nitrogens with two attached hydrogens (primary N) is 1. The third-order valence-corrected chi connectivity index (χ3v) is 12.4. The quantitative estimate of drug-likeness (QED) is 0.110. The van der Waals surface area contributed by atoms with E-state index in [1.807, 2.05) is 72.8 Å². The molecule has 0 radical (unpaired) electrons. The first-order valence-electron chi connectivity index (χ1n) is 20.5. The molecule has 0 bridgehead atoms. The number of pyridine rings is 2. The second kappa shape index (κ2) is 23.5. The molecule has 0 spiro atoms. The summed E-state index contributed by atoms with van der Waals surface area (Å²) in [6.45, 7) is 0.723. The number of rotatable bonds is 8. The van der Waals surface area contributed by atoms with Gasteiger partial charge in [0.1, 0.15) is 20.8 Å². The number of anilines is 1. The lowest BCUT2D eigenvalue weighted by atomic mass is 9.88. The van der Waals surface area contributed by atoms with Gasteiger partial charge in [-0.25, -0.2) is 14.2 Å². The summed E-state index contributed by atoms with van der Waals surface area (Å²) in [6.07, 6.45) is 5.21. The van der Waals surface area contributed by atoms with Gasteiger partial charge in [-0.05, 0) is 159 Å². The number of carbonyl (C=O) groups excluding carboxylic acids is 2. The Hall–Kier alpha value is -4.72. The van der Waals surface area contributed by atoms with Gasteiger partial charge in [-0.1, -0.05) is 37.8 Å². The van der Waals surface area contributed by atoms with Gasteiger partial charge in [0.15, 0.2) is 34.5 Å². The standard InChI is InChI=1S/C17H14BrNO3.C11H9ClO3.C11H10O4.C5H5BrN2.CH3F.CH4.Cl2OS/c18-16-3-1-2-12(19-16)9-15(20)17(6-7-17)11-4-5-13-14(8-11)22-10-21-13;2*12-10(13)11(3-4-11)7-1-2-8-9(5-7)15-6-14-8;6-4-2-1-3-5(7)8-4;1-2;;1-4(2)3/h1-5,8H,6-7,9-10H2;1-2,5H,3-4,6H2;1-2,5H,3-4,6H2,(H,12,13);1-3H,(H2,7,8);1H3;1H4;/i;;;;1D;;. The number of ketones is 1. The van der Waals surface area contributed by atoms with Crippen molar-refractivity contribution in [2.24, 2.45) is 0 Å². The molecule has 0 saturated heterocycles. The zero-order valence-electron chi connectivity index (χ0n) is 35.6. The van der Waals surface area contributed by atoms with Crippen molar-refractivity contribution in [3.05, 3.63) is 123 Å². The van der Waals surface area contributed by atoms with Crippen LogP contribution >= 0.6 is 64.8 Å². The molecule has 5 heterocycles. The zero-order chi connectivity index (χ0) is 48.4. The summed E-state index contributed by atoms with van der Waals surface area (Å²) in [6, 6.07) is 27.8. The number of nitrogens with zero attached hydrogens (tertiary/aromatic N) is 2. The lowest BCUT2D eigenvalue weighted by Crippen LogP contribution is -2.23. The van der Waals surface area contributed by atoms with Crippen molar-refractivity contribution in [2.45, 2.75) is 68.6 Å². The molecule has 11 rings (SSSR count). The second-order valence-electron chi connectivity index (χ2n) is 15.2. The van der Waals surface area contributed by atoms with Crippen LogP contribution in [0.5, 0.6) is 34.5 Å². The van der Waals surface area contributed by atoms with Crippen LogP contribution in [-0.4, -0.2) is 63.8 Å². The SMILES string of the molecule is C.Nc1cccc(Br)n1.O=C(Cc1cccc(Br)n1)C1(c2ccc3c(c2)OCO3)CC1.O=C(Cl)C1(c2ccc3c(c2)OCO3)CC1.O=C(O)C1(c2ccc3c(c2)OCO3)CC1.O=S(Cl)Cl.[2H]CF. The number of alkyl halides is 1. The summed E-state index contributed by atoms with van der Waals surface area (Å²) in [7, 11) is 6.36. The van der Waals surface area contributed by atoms with Gasteiger partial charge in [-0.3, -0.25) is 18.8 Å². The van der Waals surface area contributed by atoms with E-state index in [4.69, 9.17) is 56.4 Å². The normalized spacial score (nSPS) is 16.6. The number of hydrogen-bond donors (Lipinski definition) is 2. The topological polar surface area (TPSA) is 196 Å². The first-order valence-corrected chi connectivity index (χ1v) is 24.6. The van der Waals surface area contributed by atoms with Crippen molar-refractivity contribution >= 4 is 96.9 Å². The Morgan fingerprint density at radius 2 is 1.06 bits per heavy atom.